The van der Waals surface area contributed by atoms with Gasteiger partial charge in [0, 0.05) is 6.42 Å². The van der Waals surface area contributed by atoms with Gasteiger partial charge in [-0.05, 0) is 41.8 Å². The summed E-state index contributed by atoms with van der Waals surface area (Å²) < 4.78 is 25.5. The first-order valence-corrected chi connectivity index (χ1v) is 4.09. The first kappa shape index (κ1) is 10.1. The number of benzene rings is 1. The van der Waals surface area contributed by atoms with Crippen LogP contribution in [0.4, 0.5) is 8.78 Å². The summed E-state index contributed by atoms with van der Waals surface area (Å²) in [5, 5.41) is -0.552. The van der Waals surface area contributed by atoms with Crippen molar-refractivity contribution in [1.29, 1.82) is 0 Å². The van der Waals surface area contributed by atoms with E-state index in [-0.39, 0.29) is 18.4 Å². The molecule has 0 heterocycles. The molecule has 70 valence electrons. The lowest BCUT2D eigenvalue weighted by Crippen LogP contribution is -1.95. The quantitative estimate of drug-likeness (QED) is 0.692. The standard InChI is InChI=1S/C9H7ClF2O/c10-9(13)4-1-6-5-7(11)2-3-8(6)12/h2-3,5H,1,4H2. The Labute approximate surface area is 79.3 Å². The number of rotatable bonds is 3. The molecule has 0 saturated carbocycles. The minimum absolute atomic E-state index is 0.0158. The number of hydrogen-bond donors (Lipinski definition) is 0. The smallest absolute Gasteiger partial charge is 0.221 e. The Bertz CT molecular complexity index is 325. The fourth-order valence-corrected chi connectivity index (χ4v) is 1.06. The van der Waals surface area contributed by atoms with Gasteiger partial charge in [0.1, 0.15) is 11.6 Å². The molecule has 0 fully saturated rings. The molecule has 0 saturated heterocycles. The van der Waals surface area contributed by atoms with E-state index in [9.17, 15) is 13.6 Å². The molecule has 0 radical (unpaired) electrons. The van der Waals surface area contributed by atoms with Gasteiger partial charge in [0.2, 0.25) is 5.24 Å². The van der Waals surface area contributed by atoms with Crippen molar-refractivity contribution in [2.75, 3.05) is 0 Å². The monoisotopic (exact) mass is 204 g/mol. The molecule has 4 heteroatoms. The van der Waals surface area contributed by atoms with E-state index >= 15 is 0 Å². The zero-order valence-electron chi connectivity index (χ0n) is 6.69. The lowest BCUT2D eigenvalue weighted by Gasteiger charge is -2.00. The van der Waals surface area contributed by atoms with Gasteiger partial charge in [-0.3, -0.25) is 4.79 Å². The SMILES string of the molecule is O=C(Cl)CCc1cc(F)ccc1F. The molecule has 0 amide bonds. The molecule has 1 aromatic rings. The summed E-state index contributed by atoms with van der Waals surface area (Å²) in [5.74, 6) is -1.03. The molecule has 0 unspecified atom stereocenters. The highest BCUT2D eigenvalue weighted by atomic mass is 35.5. The molecular weight excluding hydrogens is 198 g/mol. The van der Waals surface area contributed by atoms with Crippen LogP contribution < -0.4 is 0 Å². The summed E-state index contributed by atoms with van der Waals surface area (Å²) in [6, 6.07) is 3.12. The highest BCUT2D eigenvalue weighted by molar-refractivity contribution is 6.63. The van der Waals surface area contributed by atoms with Gasteiger partial charge in [-0.2, -0.15) is 0 Å². The van der Waals surface area contributed by atoms with Crippen molar-refractivity contribution in [3.05, 3.63) is 35.4 Å². The summed E-state index contributed by atoms with van der Waals surface area (Å²) in [5.41, 5.74) is 0.175. The zero-order valence-corrected chi connectivity index (χ0v) is 7.44. The molecule has 1 aromatic carbocycles. The third-order valence-electron chi connectivity index (χ3n) is 1.60. The third kappa shape index (κ3) is 3.11. The summed E-state index contributed by atoms with van der Waals surface area (Å²) >= 11 is 5.06. The van der Waals surface area contributed by atoms with Crippen LogP contribution in [0, 0.1) is 11.6 Å². The topological polar surface area (TPSA) is 17.1 Å². The van der Waals surface area contributed by atoms with Gasteiger partial charge in [0.05, 0.1) is 0 Å². The van der Waals surface area contributed by atoms with Crippen LogP contribution in [-0.4, -0.2) is 5.24 Å². The van der Waals surface area contributed by atoms with E-state index in [1.165, 1.54) is 0 Å². The molecule has 13 heavy (non-hydrogen) atoms. The molecule has 0 atom stereocenters. The van der Waals surface area contributed by atoms with Crippen LogP contribution in [0.3, 0.4) is 0 Å². The highest BCUT2D eigenvalue weighted by Gasteiger charge is 2.05. The Kier molecular flexibility index (Phi) is 3.37. The average Bonchev–Trinajstić information content (AvgIpc) is 2.06. The van der Waals surface area contributed by atoms with Gasteiger partial charge >= 0.3 is 0 Å². The van der Waals surface area contributed by atoms with Crippen molar-refractivity contribution in [3.8, 4) is 0 Å². The second-order valence-electron chi connectivity index (χ2n) is 2.59. The van der Waals surface area contributed by atoms with E-state index in [0.29, 0.717) is 0 Å². The number of halogens is 3. The lowest BCUT2D eigenvalue weighted by molar-refractivity contribution is -0.111. The minimum Gasteiger partial charge on any atom is -0.281 e. The first-order chi connectivity index (χ1) is 6.09. The van der Waals surface area contributed by atoms with Crippen LogP contribution in [0.1, 0.15) is 12.0 Å². The minimum atomic E-state index is -0.552. The normalized spacial score (nSPS) is 10.1. The molecule has 0 spiro atoms. The number of carbonyl (C=O) groups is 1. The van der Waals surface area contributed by atoms with Crippen LogP contribution in [0.2, 0.25) is 0 Å². The molecule has 1 nitrogen and oxygen atoms in total. The van der Waals surface area contributed by atoms with Gasteiger partial charge in [0.15, 0.2) is 0 Å². The molecule has 0 bridgehead atoms. The Morgan fingerprint density at radius 2 is 2.08 bits per heavy atom. The van der Waals surface area contributed by atoms with Crippen LogP contribution >= 0.6 is 11.6 Å². The van der Waals surface area contributed by atoms with Gasteiger partial charge in [0.25, 0.3) is 0 Å². The summed E-state index contributed by atoms with van der Waals surface area (Å²) in [6.45, 7) is 0. The Morgan fingerprint density at radius 1 is 1.38 bits per heavy atom. The van der Waals surface area contributed by atoms with Crippen molar-refractivity contribution in [3.63, 3.8) is 0 Å². The van der Waals surface area contributed by atoms with Crippen LogP contribution in [0.25, 0.3) is 0 Å². The highest BCUT2D eigenvalue weighted by Crippen LogP contribution is 2.12. The van der Waals surface area contributed by atoms with E-state index in [0.717, 1.165) is 18.2 Å². The molecular formula is C9H7ClF2O. The Morgan fingerprint density at radius 3 is 2.69 bits per heavy atom. The van der Waals surface area contributed by atoms with Crippen molar-refractivity contribution >= 4 is 16.8 Å². The Hall–Kier alpha value is -0.960. The fourth-order valence-electron chi connectivity index (χ4n) is 0.968. The van der Waals surface area contributed by atoms with E-state index in [1.54, 1.807) is 0 Å². The van der Waals surface area contributed by atoms with Gasteiger partial charge in [-0.1, -0.05) is 0 Å². The van der Waals surface area contributed by atoms with Gasteiger partial charge in [-0.25, -0.2) is 8.78 Å². The van der Waals surface area contributed by atoms with Crippen molar-refractivity contribution < 1.29 is 13.6 Å². The summed E-state index contributed by atoms with van der Waals surface area (Å²) in [7, 11) is 0. The lowest BCUT2D eigenvalue weighted by atomic mass is 10.1. The van der Waals surface area contributed by atoms with Crippen LogP contribution in [-0.2, 0) is 11.2 Å². The number of carbonyl (C=O) groups excluding carboxylic acids is 1. The largest absolute Gasteiger partial charge is 0.281 e. The van der Waals surface area contributed by atoms with Crippen LogP contribution in [0.15, 0.2) is 18.2 Å². The molecule has 0 aliphatic carbocycles. The maximum atomic E-state index is 12.9. The van der Waals surface area contributed by atoms with Crippen molar-refractivity contribution in [2.45, 2.75) is 12.8 Å². The molecule has 0 aliphatic rings. The van der Waals surface area contributed by atoms with Gasteiger partial charge < -0.3 is 0 Å². The van der Waals surface area contributed by atoms with E-state index < -0.39 is 16.9 Å². The third-order valence-corrected chi connectivity index (χ3v) is 1.79. The Balaban J connectivity index is 2.75. The predicted molar refractivity (Wildman–Crippen MR) is 45.5 cm³/mol. The van der Waals surface area contributed by atoms with Crippen molar-refractivity contribution in [2.24, 2.45) is 0 Å². The summed E-state index contributed by atoms with van der Waals surface area (Å²) in [6.07, 6.45) is 0.147. The van der Waals surface area contributed by atoms with Crippen molar-refractivity contribution in [1.82, 2.24) is 0 Å². The maximum Gasteiger partial charge on any atom is 0.221 e. The summed E-state index contributed by atoms with van der Waals surface area (Å²) in [4.78, 5) is 10.4. The first-order valence-electron chi connectivity index (χ1n) is 3.72. The maximum absolute atomic E-state index is 12.9. The zero-order chi connectivity index (χ0) is 9.84. The van der Waals surface area contributed by atoms with Crippen LogP contribution in [0.5, 0.6) is 0 Å². The molecule has 1 rings (SSSR count). The number of hydrogen-bond acceptors (Lipinski definition) is 1. The van der Waals surface area contributed by atoms with E-state index in [4.69, 9.17) is 11.6 Å². The molecule has 0 aromatic heterocycles. The second-order valence-corrected chi connectivity index (χ2v) is 3.01. The molecule has 0 aliphatic heterocycles. The molecule has 0 N–H and O–H groups in total. The van der Waals surface area contributed by atoms with Gasteiger partial charge in [-0.15, -0.1) is 0 Å². The fraction of sp³-hybridized carbons (Fsp3) is 0.222. The average molecular weight is 205 g/mol. The van der Waals surface area contributed by atoms with E-state index in [1.807, 2.05) is 0 Å². The predicted octanol–water partition coefficient (Wildman–Crippen LogP) is 2.66. The number of aryl methyl sites for hydroxylation is 1. The second kappa shape index (κ2) is 4.33. The van der Waals surface area contributed by atoms with E-state index in [2.05, 4.69) is 0 Å².